The molecule has 0 bridgehead atoms. The summed E-state index contributed by atoms with van der Waals surface area (Å²) < 4.78 is 4.00. The number of fused-ring (bicyclic) bond motifs is 1. The van der Waals surface area contributed by atoms with Crippen LogP contribution < -0.4 is 10.6 Å². The molecule has 2 aromatic heterocycles. The van der Waals surface area contributed by atoms with Crippen molar-refractivity contribution in [1.82, 2.24) is 34.9 Å². The summed E-state index contributed by atoms with van der Waals surface area (Å²) >= 11 is 0. The molecule has 0 aliphatic carbocycles. The van der Waals surface area contributed by atoms with Gasteiger partial charge in [0.15, 0.2) is 5.96 Å². The third-order valence-electron chi connectivity index (χ3n) is 4.22. The number of nitrogens with zero attached hydrogens (tertiary/aromatic N) is 6. The zero-order valence-corrected chi connectivity index (χ0v) is 18.3. The van der Waals surface area contributed by atoms with Crippen molar-refractivity contribution in [2.24, 2.45) is 12.0 Å². The Bertz CT molecular complexity index is 883. The van der Waals surface area contributed by atoms with Crippen LogP contribution in [0.2, 0.25) is 0 Å². The molecule has 0 fully saturated rings. The molecule has 0 atom stereocenters. The molecule has 1 aromatic carbocycles. The third-order valence-corrected chi connectivity index (χ3v) is 4.22. The molecule has 0 saturated heterocycles. The number of rotatable bonds is 7. The fourth-order valence-electron chi connectivity index (χ4n) is 2.88. The van der Waals surface area contributed by atoms with Gasteiger partial charge in [-0.05, 0) is 32.4 Å². The van der Waals surface area contributed by atoms with Crippen molar-refractivity contribution < 1.29 is 0 Å². The average molecular weight is 482 g/mol. The van der Waals surface area contributed by atoms with Gasteiger partial charge in [-0.1, -0.05) is 12.1 Å². The number of para-hydroxylation sites is 2. The first-order valence-electron chi connectivity index (χ1n) is 8.96. The van der Waals surface area contributed by atoms with Crippen molar-refractivity contribution in [2.45, 2.75) is 33.4 Å². The van der Waals surface area contributed by atoms with E-state index < -0.39 is 0 Å². The summed E-state index contributed by atoms with van der Waals surface area (Å²) in [4.78, 5) is 13.4. The molecule has 0 aliphatic rings. The van der Waals surface area contributed by atoms with E-state index in [0.717, 1.165) is 49.2 Å². The van der Waals surface area contributed by atoms with Crippen LogP contribution in [0.25, 0.3) is 11.0 Å². The van der Waals surface area contributed by atoms with Crippen LogP contribution in [-0.4, -0.2) is 43.4 Å². The van der Waals surface area contributed by atoms with Crippen molar-refractivity contribution in [3.63, 3.8) is 0 Å². The SMILES string of the molecule is CCNC(=NCc1ncnn1C)NCCCn1c(C)nc2ccccc21.I. The van der Waals surface area contributed by atoms with E-state index in [1.54, 1.807) is 11.0 Å². The van der Waals surface area contributed by atoms with Crippen LogP contribution in [0.3, 0.4) is 0 Å². The number of nitrogens with one attached hydrogen (secondary N) is 2. The Hall–Kier alpha value is -2.17. The summed E-state index contributed by atoms with van der Waals surface area (Å²) in [6, 6.07) is 8.26. The van der Waals surface area contributed by atoms with Crippen LogP contribution in [0.5, 0.6) is 0 Å². The lowest BCUT2D eigenvalue weighted by atomic mass is 10.3. The topological polar surface area (TPSA) is 85.0 Å². The van der Waals surface area contributed by atoms with Gasteiger partial charge in [-0.25, -0.2) is 15.0 Å². The normalized spacial score (nSPS) is 11.4. The maximum Gasteiger partial charge on any atom is 0.191 e. The first-order chi connectivity index (χ1) is 12.7. The van der Waals surface area contributed by atoms with Crippen molar-refractivity contribution in [1.29, 1.82) is 0 Å². The van der Waals surface area contributed by atoms with Gasteiger partial charge in [0.05, 0.1) is 11.0 Å². The highest BCUT2D eigenvalue weighted by Gasteiger charge is 2.06. The van der Waals surface area contributed by atoms with Gasteiger partial charge in [0, 0.05) is 26.7 Å². The highest BCUT2D eigenvalue weighted by atomic mass is 127. The van der Waals surface area contributed by atoms with Gasteiger partial charge >= 0.3 is 0 Å². The van der Waals surface area contributed by atoms with Crippen LogP contribution in [-0.2, 0) is 20.1 Å². The van der Waals surface area contributed by atoms with Crippen LogP contribution >= 0.6 is 24.0 Å². The highest BCUT2D eigenvalue weighted by molar-refractivity contribution is 14.0. The summed E-state index contributed by atoms with van der Waals surface area (Å²) in [6.45, 7) is 7.17. The van der Waals surface area contributed by atoms with Gasteiger partial charge in [-0.3, -0.25) is 4.68 Å². The third kappa shape index (κ3) is 5.41. The van der Waals surface area contributed by atoms with Crippen molar-refractivity contribution in [3.05, 3.63) is 42.2 Å². The Kier molecular flexibility index (Phi) is 8.01. The van der Waals surface area contributed by atoms with E-state index in [1.165, 1.54) is 5.52 Å². The average Bonchev–Trinajstić information content (AvgIpc) is 3.19. The van der Waals surface area contributed by atoms with Gasteiger partial charge in [-0.15, -0.1) is 24.0 Å². The molecule has 0 amide bonds. The highest BCUT2D eigenvalue weighted by Crippen LogP contribution is 2.15. The van der Waals surface area contributed by atoms with Gasteiger partial charge < -0.3 is 15.2 Å². The number of imidazole rings is 1. The Balaban J connectivity index is 0.00000261. The number of hydrogen-bond acceptors (Lipinski definition) is 4. The second kappa shape index (κ2) is 10.2. The maximum atomic E-state index is 4.61. The molecule has 9 heteroatoms. The fraction of sp³-hybridized carbons (Fsp3) is 0.444. The zero-order chi connectivity index (χ0) is 18.4. The summed E-state index contributed by atoms with van der Waals surface area (Å²) in [5.41, 5.74) is 2.24. The molecular formula is C18H27IN8. The van der Waals surface area contributed by atoms with Crippen molar-refractivity contribution >= 4 is 41.0 Å². The number of aromatic nitrogens is 5. The summed E-state index contributed by atoms with van der Waals surface area (Å²) in [5.74, 6) is 2.68. The van der Waals surface area contributed by atoms with Crippen molar-refractivity contribution in [3.8, 4) is 0 Å². The van der Waals surface area contributed by atoms with E-state index in [4.69, 9.17) is 0 Å². The molecule has 0 radical (unpaired) electrons. The molecule has 3 rings (SSSR count). The van der Waals surface area contributed by atoms with Gasteiger partial charge in [0.25, 0.3) is 0 Å². The molecule has 8 nitrogen and oxygen atoms in total. The predicted octanol–water partition coefficient (Wildman–Crippen LogP) is 2.24. The standard InChI is InChI=1S/C18H26N8.HI/c1-4-19-18(21-12-17-22-13-23-25(17)3)20-10-7-11-26-14(2)24-15-8-5-6-9-16(15)26;/h5-6,8-9,13H,4,7,10-12H2,1-3H3,(H2,19,20,21);1H. The monoisotopic (exact) mass is 482 g/mol. The smallest absolute Gasteiger partial charge is 0.191 e. The van der Waals surface area contributed by atoms with E-state index in [-0.39, 0.29) is 24.0 Å². The first kappa shape index (κ1) is 21.1. The first-order valence-corrected chi connectivity index (χ1v) is 8.96. The van der Waals surface area contributed by atoms with E-state index in [1.807, 2.05) is 13.1 Å². The minimum absolute atomic E-state index is 0. The van der Waals surface area contributed by atoms with Gasteiger partial charge in [0.1, 0.15) is 24.5 Å². The molecule has 0 unspecified atom stereocenters. The lowest BCUT2D eigenvalue weighted by Gasteiger charge is -2.12. The second-order valence-corrected chi connectivity index (χ2v) is 6.07. The van der Waals surface area contributed by atoms with E-state index in [9.17, 15) is 0 Å². The maximum absolute atomic E-state index is 4.61. The Morgan fingerprint density at radius 3 is 2.78 bits per heavy atom. The number of aliphatic imine (C=N–C) groups is 1. The lowest BCUT2D eigenvalue weighted by Crippen LogP contribution is -2.38. The fourth-order valence-corrected chi connectivity index (χ4v) is 2.88. The number of guanidine groups is 1. The Morgan fingerprint density at radius 2 is 2.04 bits per heavy atom. The van der Waals surface area contributed by atoms with Crippen LogP contribution in [0.4, 0.5) is 0 Å². The predicted molar refractivity (Wildman–Crippen MR) is 118 cm³/mol. The van der Waals surface area contributed by atoms with E-state index >= 15 is 0 Å². The molecule has 27 heavy (non-hydrogen) atoms. The Morgan fingerprint density at radius 1 is 1.22 bits per heavy atom. The minimum atomic E-state index is 0. The molecular weight excluding hydrogens is 455 g/mol. The van der Waals surface area contributed by atoms with Gasteiger partial charge in [-0.2, -0.15) is 5.10 Å². The van der Waals surface area contributed by atoms with E-state index in [0.29, 0.717) is 6.54 Å². The summed E-state index contributed by atoms with van der Waals surface area (Å²) in [5, 5.41) is 10.7. The molecule has 146 valence electrons. The number of aryl methyl sites for hydroxylation is 3. The molecule has 3 aromatic rings. The summed E-state index contributed by atoms with van der Waals surface area (Å²) in [7, 11) is 1.87. The molecule has 0 aliphatic heterocycles. The number of benzene rings is 1. The molecule has 0 saturated carbocycles. The largest absolute Gasteiger partial charge is 0.357 e. The molecule has 2 N–H and O–H groups in total. The molecule has 2 heterocycles. The second-order valence-electron chi connectivity index (χ2n) is 6.07. The van der Waals surface area contributed by atoms with E-state index in [2.05, 4.69) is 67.3 Å². The van der Waals surface area contributed by atoms with Crippen LogP contribution in [0, 0.1) is 6.92 Å². The molecule has 0 spiro atoms. The Labute approximate surface area is 176 Å². The van der Waals surface area contributed by atoms with Gasteiger partial charge in [0.2, 0.25) is 0 Å². The lowest BCUT2D eigenvalue weighted by molar-refractivity contribution is 0.623. The number of hydrogen-bond donors (Lipinski definition) is 2. The zero-order valence-electron chi connectivity index (χ0n) is 16.0. The number of halogens is 1. The summed E-state index contributed by atoms with van der Waals surface area (Å²) in [6.07, 6.45) is 2.53. The van der Waals surface area contributed by atoms with Crippen LogP contribution in [0.1, 0.15) is 25.0 Å². The minimum Gasteiger partial charge on any atom is -0.357 e. The quantitative estimate of drug-likeness (QED) is 0.234. The van der Waals surface area contributed by atoms with Crippen molar-refractivity contribution in [2.75, 3.05) is 13.1 Å². The van der Waals surface area contributed by atoms with Crippen LogP contribution in [0.15, 0.2) is 35.6 Å².